The lowest BCUT2D eigenvalue weighted by Crippen LogP contribution is -2.38. The first-order valence-electron chi connectivity index (χ1n) is 12.8. The molecule has 0 aromatic heterocycles. The Morgan fingerprint density at radius 2 is 1.51 bits per heavy atom. The lowest BCUT2D eigenvalue weighted by atomic mass is 10.1. The van der Waals surface area contributed by atoms with Crippen molar-refractivity contribution in [3.63, 3.8) is 0 Å². The van der Waals surface area contributed by atoms with Gasteiger partial charge in [-0.25, -0.2) is 8.42 Å². The van der Waals surface area contributed by atoms with Crippen LogP contribution in [0, 0.1) is 6.92 Å². The smallest absolute Gasteiger partial charge is 0.264 e. The number of amides is 2. The number of aryl methyl sites for hydroxylation is 1. The summed E-state index contributed by atoms with van der Waals surface area (Å²) in [5.41, 5.74) is 2.45. The molecule has 2 N–H and O–H groups in total. The van der Waals surface area contributed by atoms with Crippen LogP contribution >= 0.6 is 0 Å². The van der Waals surface area contributed by atoms with Crippen molar-refractivity contribution in [2.45, 2.75) is 18.4 Å². The van der Waals surface area contributed by atoms with E-state index in [2.05, 4.69) is 10.6 Å². The highest BCUT2D eigenvalue weighted by Crippen LogP contribution is 2.35. The molecule has 0 radical (unpaired) electrons. The van der Waals surface area contributed by atoms with Crippen molar-refractivity contribution in [1.82, 2.24) is 5.32 Å². The normalized spacial score (nSPS) is 10.9. The van der Waals surface area contributed by atoms with E-state index < -0.39 is 22.5 Å². The Balaban J connectivity index is 1.62. The molecule has 0 saturated heterocycles. The van der Waals surface area contributed by atoms with Crippen LogP contribution in [0.3, 0.4) is 0 Å². The van der Waals surface area contributed by atoms with Gasteiger partial charge in [0.15, 0.2) is 0 Å². The van der Waals surface area contributed by atoms with Crippen molar-refractivity contribution in [2.24, 2.45) is 0 Å². The summed E-state index contributed by atoms with van der Waals surface area (Å²) in [6.45, 7) is 1.57. The number of hydrogen-bond acceptors (Lipinski definition) is 6. The molecule has 0 unspecified atom stereocenters. The van der Waals surface area contributed by atoms with Gasteiger partial charge in [-0.05, 0) is 48.9 Å². The minimum absolute atomic E-state index is 0.00876. The van der Waals surface area contributed by atoms with Crippen LogP contribution in [0.25, 0.3) is 0 Å². The lowest BCUT2D eigenvalue weighted by Gasteiger charge is -2.26. The molecule has 0 spiro atoms. The average Bonchev–Trinajstić information content (AvgIpc) is 2.99. The first-order valence-corrected chi connectivity index (χ1v) is 14.2. The van der Waals surface area contributed by atoms with Crippen molar-refractivity contribution in [3.05, 3.63) is 114 Å². The van der Waals surface area contributed by atoms with Crippen molar-refractivity contribution < 1.29 is 27.5 Å². The Kier molecular flexibility index (Phi) is 9.26. The largest absolute Gasteiger partial charge is 0.497 e. The van der Waals surface area contributed by atoms with Gasteiger partial charge in [0.2, 0.25) is 5.91 Å². The SMILES string of the molecule is COc1ccc(N(CC(=O)Nc2ccccc2C(=O)NCc2ccccc2)S(=O)(=O)c2ccc(C)cc2)c(OC)c1. The number of rotatable bonds is 11. The molecule has 212 valence electrons. The molecule has 0 atom stereocenters. The second-order valence-corrected chi connectivity index (χ2v) is 11.0. The van der Waals surface area contributed by atoms with Gasteiger partial charge in [0.05, 0.1) is 36.1 Å². The number of hydrogen-bond donors (Lipinski definition) is 2. The van der Waals surface area contributed by atoms with E-state index in [1.807, 2.05) is 37.3 Å². The Morgan fingerprint density at radius 1 is 0.829 bits per heavy atom. The fourth-order valence-corrected chi connectivity index (χ4v) is 5.54. The summed E-state index contributed by atoms with van der Waals surface area (Å²) in [6, 6.07) is 26.9. The summed E-state index contributed by atoms with van der Waals surface area (Å²) in [4.78, 5) is 26.4. The molecule has 2 amide bonds. The number of carbonyl (C=O) groups excluding carboxylic acids is 2. The van der Waals surface area contributed by atoms with Crippen LogP contribution in [0.1, 0.15) is 21.5 Å². The van der Waals surface area contributed by atoms with Crippen LogP contribution in [0.5, 0.6) is 11.5 Å². The van der Waals surface area contributed by atoms with Crippen molar-refractivity contribution >= 4 is 33.2 Å². The van der Waals surface area contributed by atoms with Crippen LogP contribution in [0.4, 0.5) is 11.4 Å². The molecule has 0 fully saturated rings. The zero-order valence-electron chi connectivity index (χ0n) is 23.0. The molecular formula is C31H31N3O6S. The number of para-hydroxylation sites is 1. The minimum atomic E-state index is -4.20. The van der Waals surface area contributed by atoms with Gasteiger partial charge in [-0.1, -0.05) is 60.2 Å². The molecule has 4 aromatic rings. The van der Waals surface area contributed by atoms with E-state index in [1.54, 1.807) is 42.5 Å². The first-order chi connectivity index (χ1) is 19.7. The number of ether oxygens (including phenoxy) is 2. The van der Waals surface area contributed by atoms with Crippen molar-refractivity contribution in [1.29, 1.82) is 0 Å². The van der Waals surface area contributed by atoms with Crippen LogP contribution < -0.4 is 24.4 Å². The van der Waals surface area contributed by atoms with Gasteiger partial charge in [0.1, 0.15) is 18.0 Å². The summed E-state index contributed by atoms with van der Waals surface area (Å²) in [7, 11) is -1.32. The van der Waals surface area contributed by atoms with E-state index in [4.69, 9.17) is 9.47 Å². The summed E-state index contributed by atoms with van der Waals surface area (Å²) in [5, 5.41) is 5.56. The predicted molar refractivity (Wildman–Crippen MR) is 158 cm³/mol. The third kappa shape index (κ3) is 7.03. The maximum absolute atomic E-state index is 13.8. The average molecular weight is 574 g/mol. The Bertz CT molecular complexity index is 1620. The van der Waals surface area contributed by atoms with E-state index in [9.17, 15) is 18.0 Å². The molecule has 0 bridgehead atoms. The summed E-state index contributed by atoms with van der Waals surface area (Å²) < 4.78 is 39.4. The number of sulfonamides is 1. The highest BCUT2D eigenvalue weighted by molar-refractivity contribution is 7.92. The van der Waals surface area contributed by atoms with E-state index in [0.29, 0.717) is 12.3 Å². The molecule has 4 aromatic carbocycles. The molecule has 0 aliphatic carbocycles. The van der Waals surface area contributed by atoms with Gasteiger partial charge in [-0.15, -0.1) is 0 Å². The standard InChI is InChI=1S/C31H31N3O6S/c1-22-13-16-25(17-14-22)41(37,38)34(28-18-15-24(39-2)19-29(28)40-3)21-30(35)33-27-12-8-7-11-26(27)31(36)32-20-23-9-5-4-6-10-23/h4-19H,20-21H2,1-3H3,(H,32,36)(H,33,35). The van der Waals surface area contributed by atoms with E-state index in [-0.39, 0.29) is 33.5 Å². The molecular weight excluding hydrogens is 542 g/mol. The molecule has 0 heterocycles. The monoisotopic (exact) mass is 573 g/mol. The Morgan fingerprint density at radius 3 is 2.20 bits per heavy atom. The summed E-state index contributed by atoms with van der Waals surface area (Å²) in [5.74, 6) is -0.376. The van der Waals surface area contributed by atoms with Gasteiger partial charge < -0.3 is 20.1 Å². The van der Waals surface area contributed by atoms with E-state index in [1.165, 1.54) is 38.5 Å². The Labute approximate surface area is 239 Å². The van der Waals surface area contributed by atoms with Gasteiger partial charge >= 0.3 is 0 Å². The topological polar surface area (TPSA) is 114 Å². The molecule has 9 nitrogen and oxygen atoms in total. The highest BCUT2D eigenvalue weighted by atomic mass is 32.2. The molecule has 0 aliphatic heterocycles. The molecule has 4 rings (SSSR count). The van der Waals surface area contributed by atoms with Gasteiger partial charge in [-0.3, -0.25) is 13.9 Å². The molecule has 0 saturated carbocycles. The number of anilines is 2. The van der Waals surface area contributed by atoms with Crippen LogP contribution in [0.15, 0.2) is 102 Å². The fourth-order valence-electron chi connectivity index (χ4n) is 4.11. The number of nitrogens with zero attached hydrogens (tertiary/aromatic N) is 1. The molecule has 0 aliphatic rings. The highest BCUT2D eigenvalue weighted by Gasteiger charge is 2.30. The van der Waals surface area contributed by atoms with Crippen LogP contribution in [-0.4, -0.2) is 41.0 Å². The van der Waals surface area contributed by atoms with Gasteiger partial charge in [0, 0.05) is 12.6 Å². The zero-order chi connectivity index (χ0) is 29.4. The number of carbonyl (C=O) groups is 2. The lowest BCUT2D eigenvalue weighted by molar-refractivity contribution is -0.114. The van der Waals surface area contributed by atoms with Crippen molar-refractivity contribution in [3.8, 4) is 11.5 Å². The van der Waals surface area contributed by atoms with Crippen molar-refractivity contribution in [2.75, 3.05) is 30.4 Å². The Hall–Kier alpha value is -4.83. The van der Waals surface area contributed by atoms with Gasteiger partial charge in [0.25, 0.3) is 15.9 Å². The number of methoxy groups -OCH3 is 2. The zero-order valence-corrected chi connectivity index (χ0v) is 23.8. The quantitative estimate of drug-likeness (QED) is 0.267. The second kappa shape index (κ2) is 13.0. The molecule has 10 heteroatoms. The van der Waals surface area contributed by atoms with E-state index >= 15 is 0 Å². The third-order valence-corrected chi connectivity index (χ3v) is 8.07. The van der Waals surface area contributed by atoms with E-state index in [0.717, 1.165) is 15.4 Å². The number of nitrogens with one attached hydrogen (secondary N) is 2. The first kappa shape index (κ1) is 29.2. The van der Waals surface area contributed by atoms with Gasteiger partial charge in [-0.2, -0.15) is 0 Å². The molecule has 41 heavy (non-hydrogen) atoms. The predicted octanol–water partition coefficient (Wildman–Crippen LogP) is 4.78. The van der Waals surface area contributed by atoms with Crippen LogP contribution in [0.2, 0.25) is 0 Å². The number of benzene rings is 4. The second-order valence-electron chi connectivity index (χ2n) is 9.12. The summed E-state index contributed by atoms with van der Waals surface area (Å²) in [6.07, 6.45) is 0. The maximum Gasteiger partial charge on any atom is 0.264 e. The third-order valence-electron chi connectivity index (χ3n) is 6.29. The fraction of sp³-hybridized carbons (Fsp3) is 0.161. The summed E-state index contributed by atoms with van der Waals surface area (Å²) >= 11 is 0. The van der Waals surface area contributed by atoms with Crippen LogP contribution in [-0.2, 0) is 21.4 Å². The minimum Gasteiger partial charge on any atom is -0.497 e. The maximum atomic E-state index is 13.8.